The number of benzene rings is 1. The van der Waals surface area contributed by atoms with E-state index in [1.807, 2.05) is 25.3 Å². The third kappa shape index (κ3) is 4.11. The predicted molar refractivity (Wildman–Crippen MR) is 81.0 cm³/mol. The minimum Gasteiger partial charge on any atom is -0.309 e. The van der Waals surface area contributed by atoms with Gasteiger partial charge in [-0.3, -0.25) is 0 Å². The molecule has 1 heterocycles. The van der Waals surface area contributed by atoms with Crippen LogP contribution in [0.2, 0.25) is 0 Å². The zero-order valence-electron chi connectivity index (χ0n) is 11.2. The Bertz CT molecular complexity index is 542. The molecule has 19 heavy (non-hydrogen) atoms. The average Bonchev–Trinajstić information content (AvgIpc) is 2.38. The molecule has 1 aromatic carbocycles. The molecule has 3 nitrogen and oxygen atoms in total. The van der Waals surface area contributed by atoms with Crippen LogP contribution in [0, 0.1) is 6.92 Å². The molecular weight excluding hydrogens is 302 g/mol. The van der Waals surface area contributed by atoms with E-state index in [-0.39, 0.29) is 6.04 Å². The first-order valence-electron chi connectivity index (χ1n) is 6.46. The van der Waals surface area contributed by atoms with Crippen molar-refractivity contribution in [3.8, 4) is 0 Å². The van der Waals surface area contributed by atoms with Crippen LogP contribution in [0.5, 0.6) is 0 Å². The normalized spacial score (nSPS) is 12.4. The molecule has 1 aromatic heterocycles. The van der Waals surface area contributed by atoms with Crippen molar-refractivity contribution in [3.63, 3.8) is 0 Å². The van der Waals surface area contributed by atoms with E-state index in [0.29, 0.717) is 0 Å². The minimum atomic E-state index is 0.223. The number of halogens is 1. The largest absolute Gasteiger partial charge is 0.309 e. The molecule has 0 fully saturated rings. The van der Waals surface area contributed by atoms with Gasteiger partial charge in [-0.2, -0.15) is 0 Å². The van der Waals surface area contributed by atoms with Crippen LogP contribution in [0.3, 0.4) is 0 Å². The number of hydrogen-bond donors (Lipinski definition) is 1. The lowest BCUT2D eigenvalue weighted by atomic mass is 10.0. The van der Waals surface area contributed by atoms with E-state index in [2.05, 4.69) is 56.3 Å². The number of aryl methyl sites for hydroxylation is 1. The fourth-order valence-corrected chi connectivity index (χ4v) is 2.54. The van der Waals surface area contributed by atoms with Crippen LogP contribution in [-0.2, 0) is 6.42 Å². The lowest BCUT2D eigenvalue weighted by molar-refractivity contribution is 0.534. The van der Waals surface area contributed by atoms with Crippen molar-refractivity contribution in [1.29, 1.82) is 0 Å². The van der Waals surface area contributed by atoms with Gasteiger partial charge in [-0.15, -0.1) is 0 Å². The summed E-state index contributed by atoms with van der Waals surface area (Å²) in [5.74, 6) is 0.814. The minimum absolute atomic E-state index is 0.223. The molecule has 2 aromatic rings. The molecule has 1 atom stereocenters. The highest BCUT2D eigenvalue weighted by Crippen LogP contribution is 2.19. The lowest BCUT2D eigenvalue weighted by Gasteiger charge is -2.17. The number of rotatable bonds is 5. The van der Waals surface area contributed by atoms with E-state index < -0.39 is 0 Å². The Morgan fingerprint density at radius 3 is 2.84 bits per heavy atom. The van der Waals surface area contributed by atoms with Crippen molar-refractivity contribution in [2.24, 2.45) is 0 Å². The molecule has 1 unspecified atom stereocenters. The van der Waals surface area contributed by atoms with E-state index in [0.717, 1.165) is 29.0 Å². The Morgan fingerprint density at radius 1 is 1.32 bits per heavy atom. The summed E-state index contributed by atoms with van der Waals surface area (Å²) < 4.78 is 1.11. The summed E-state index contributed by atoms with van der Waals surface area (Å²) >= 11 is 3.51. The second-order valence-electron chi connectivity index (χ2n) is 4.47. The fraction of sp³-hybridized carbons (Fsp3) is 0.333. The van der Waals surface area contributed by atoms with Crippen LogP contribution < -0.4 is 5.32 Å². The van der Waals surface area contributed by atoms with Gasteiger partial charge in [0.15, 0.2) is 0 Å². The van der Waals surface area contributed by atoms with Crippen molar-refractivity contribution in [1.82, 2.24) is 15.3 Å². The molecule has 0 aliphatic heterocycles. The highest BCUT2D eigenvalue weighted by molar-refractivity contribution is 9.10. The van der Waals surface area contributed by atoms with E-state index in [9.17, 15) is 0 Å². The number of likely N-dealkylation sites (N-methyl/N-ethyl adjacent to an activating group) is 1. The summed E-state index contributed by atoms with van der Waals surface area (Å²) in [5.41, 5.74) is 2.34. The fourth-order valence-electron chi connectivity index (χ4n) is 2.10. The topological polar surface area (TPSA) is 37.8 Å². The molecular formula is C15H18BrN3. The van der Waals surface area contributed by atoms with E-state index >= 15 is 0 Å². The maximum absolute atomic E-state index is 4.53. The summed E-state index contributed by atoms with van der Waals surface area (Å²) in [6, 6.07) is 10.6. The maximum Gasteiger partial charge on any atom is 0.125 e. The molecule has 2 rings (SSSR count). The molecule has 0 aliphatic carbocycles. The number of hydrogen-bond acceptors (Lipinski definition) is 3. The summed E-state index contributed by atoms with van der Waals surface area (Å²) in [7, 11) is 0. The Morgan fingerprint density at radius 2 is 2.16 bits per heavy atom. The molecule has 1 N–H and O–H groups in total. The molecule has 0 aliphatic rings. The molecule has 4 heteroatoms. The first-order chi connectivity index (χ1) is 9.19. The Balaban J connectivity index is 2.21. The van der Waals surface area contributed by atoms with E-state index in [4.69, 9.17) is 0 Å². The van der Waals surface area contributed by atoms with Crippen LogP contribution in [0.1, 0.15) is 30.0 Å². The van der Waals surface area contributed by atoms with Gasteiger partial charge in [-0.25, -0.2) is 9.97 Å². The zero-order chi connectivity index (χ0) is 13.7. The predicted octanol–water partition coefficient (Wildman–Crippen LogP) is 3.44. The first-order valence-corrected chi connectivity index (χ1v) is 7.25. The van der Waals surface area contributed by atoms with Gasteiger partial charge in [0.1, 0.15) is 5.82 Å². The Kier molecular flexibility index (Phi) is 5.05. The van der Waals surface area contributed by atoms with Crippen molar-refractivity contribution < 1.29 is 0 Å². The van der Waals surface area contributed by atoms with Crippen LogP contribution in [0.4, 0.5) is 0 Å². The highest BCUT2D eigenvalue weighted by Gasteiger charge is 2.13. The van der Waals surface area contributed by atoms with Gasteiger partial charge < -0.3 is 5.32 Å². The van der Waals surface area contributed by atoms with Gasteiger partial charge in [0.2, 0.25) is 0 Å². The van der Waals surface area contributed by atoms with Gasteiger partial charge in [-0.05, 0) is 43.7 Å². The smallest absolute Gasteiger partial charge is 0.125 e. The number of aromatic nitrogens is 2. The highest BCUT2D eigenvalue weighted by atomic mass is 79.9. The molecule has 0 radical (unpaired) electrons. The molecule has 0 amide bonds. The average molecular weight is 320 g/mol. The van der Waals surface area contributed by atoms with Gasteiger partial charge in [0.05, 0.1) is 11.7 Å². The van der Waals surface area contributed by atoms with Gasteiger partial charge in [0.25, 0.3) is 0 Å². The zero-order valence-corrected chi connectivity index (χ0v) is 12.8. The third-order valence-electron chi connectivity index (χ3n) is 2.93. The quantitative estimate of drug-likeness (QED) is 0.917. The van der Waals surface area contributed by atoms with Gasteiger partial charge in [-0.1, -0.05) is 35.0 Å². The Hall–Kier alpha value is -1.26. The molecule has 0 spiro atoms. The lowest BCUT2D eigenvalue weighted by Crippen LogP contribution is -2.24. The second-order valence-corrected chi connectivity index (χ2v) is 5.39. The standard InChI is InChI=1S/C15H18BrN3/c1-3-17-15(14-7-8-18-11(2)19-14)10-12-5-4-6-13(16)9-12/h4-9,15,17H,3,10H2,1-2H3. The van der Waals surface area contributed by atoms with Crippen LogP contribution >= 0.6 is 15.9 Å². The van der Waals surface area contributed by atoms with Crippen molar-refractivity contribution >= 4 is 15.9 Å². The monoisotopic (exact) mass is 319 g/mol. The number of nitrogens with one attached hydrogen (secondary N) is 1. The summed E-state index contributed by atoms with van der Waals surface area (Å²) in [6.07, 6.45) is 2.74. The van der Waals surface area contributed by atoms with Gasteiger partial charge >= 0.3 is 0 Å². The van der Waals surface area contributed by atoms with Crippen LogP contribution in [0.25, 0.3) is 0 Å². The Labute approximate surface area is 122 Å². The SMILES string of the molecule is CCNC(Cc1cccc(Br)c1)c1ccnc(C)n1. The third-order valence-corrected chi connectivity index (χ3v) is 3.43. The molecule has 100 valence electrons. The molecule has 0 saturated carbocycles. The summed E-state index contributed by atoms with van der Waals surface area (Å²) in [6.45, 7) is 4.95. The summed E-state index contributed by atoms with van der Waals surface area (Å²) in [4.78, 5) is 8.68. The second kappa shape index (κ2) is 6.78. The van der Waals surface area contributed by atoms with Crippen molar-refractivity contribution in [3.05, 3.63) is 58.1 Å². The van der Waals surface area contributed by atoms with Gasteiger partial charge in [0, 0.05) is 10.7 Å². The van der Waals surface area contributed by atoms with E-state index in [1.54, 1.807) is 0 Å². The van der Waals surface area contributed by atoms with Crippen molar-refractivity contribution in [2.45, 2.75) is 26.3 Å². The van der Waals surface area contributed by atoms with Crippen LogP contribution in [-0.4, -0.2) is 16.5 Å². The van der Waals surface area contributed by atoms with E-state index in [1.165, 1.54) is 5.56 Å². The summed E-state index contributed by atoms with van der Waals surface area (Å²) in [5, 5.41) is 3.49. The molecule has 0 bridgehead atoms. The number of nitrogens with zero attached hydrogens (tertiary/aromatic N) is 2. The van der Waals surface area contributed by atoms with Crippen LogP contribution in [0.15, 0.2) is 41.0 Å². The molecule has 0 saturated heterocycles. The maximum atomic E-state index is 4.53. The first kappa shape index (κ1) is 14.2. The van der Waals surface area contributed by atoms with Crippen molar-refractivity contribution in [2.75, 3.05) is 6.54 Å².